The fraction of sp³-hybridized carbons (Fsp3) is 0.182. The zero-order chi connectivity index (χ0) is 11.5. The minimum Gasteiger partial charge on any atom is -0.366 e. The lowest BCUT2D eigenvalue weighted by Gasteiger charge is -2.10. The lowest BCUT2D eigenvalue weighted by molar-refractivity contribution is 0.0999. The van der Waals surface area contributed by atoms with Crippen molar-refractivity contribution in [2.75, 3.05) is 0 Å². The van der Waals surface area contributed by atoms with E-state index in [0.29, 0.717) is 12.0 Å². The van der Waals surface area contributed by atoms with Crippen molar-refractivity contribution in [3.05, 3.63) is 41.7 Å². The van der Waals surface area contributed by atoms with Crippen molar-refractivity contribution in [2.24, 2.45) is 5.73 Å². The first kappa shape index (κ1) is 10.4. The van der Waals surface area contributed by atoms with E-state index in [2.05, 4.69) is 10.3 Å². The molecule has 0 saturated heterocycles. The van der Waals surface area contributed by atoms with E-state index >= 15 is 0 Å². The Labute approximate surface area is 92.9 Å². The van der Waals surface area contributed by atoms with Crippen molar-refractivity contribution >= 4 is 5.91 Å². The first-order chi connectivity index (χ1) is 7.74. The molecule has 5 nitrogen and oxygen atoms in total. The van der Waals surface area contributed by atoms with Gasteiger partial charge in [0.05, 0.1) is 18.1 Å². The smallest absolute Gasteiger partial charge is 0.249 e. The van der Waals surface area contributed by atoms with Gasteiger partial charge in [0.15, 0.2) is 0 Å². The third-order valence-electron chi connectivity index (χ3n) is 2.44. The van der Waals surface area contributed by atoms with Crippen LogP contribution >= 0.6 is 0 Å². The normalized spacial score (nSPS) is 10.3. The van der Waals surface area contributed by atoms with E-state index < -0.39 is 5.91 Å². The van der Waals surface area contributed by atoms with Crippen molar-refractivity contribution in [1.82, 2.24) is 15.0 Å². The highest BCUT2D eigenvalue weighted by Gasteiger charge is 2.12. The summed E-state index contributed by atoms with van der Waals surface area (Å²) in [4.78, 5) is 11.3. The van der Waals surface area contributed by atoms with Crippen molar-refractivity contribution in [3.8, 4) is 5.69 Å². The summed E-state index contributed by atoms with van der Waals surface area (Å²) < 4.78 is 1.63. The van der Waals surface area contributed by atoms with Crippen molar-refractivity contribution in [2.45, 2.75) is 13.3 Å². The summed E-state index contributed by atoms with van der Waals surface area (Å²) in [6, 6.07) is 5.40. The maximum atomic E-state index is 11.3. The van der Waals surface area contributed by atoms with E-state index in [1.807, 2.05) is 13.0 Å². The van der Waals surface area contributed by atoms with Crippen LogP contribution in [0.4, 0.5) is 0 Å². The Morgan fingerprint density at radius 2 is 2.31 bits per heavy atom. The van der Waals surface area contributed by atoms with E-state index in [4.69, 9.17) is 5.73 Å². The summed E-state index contributed by atoms with van der Waals surface area (Å²) in [6.45, 7) is 1.97. The van der Waals surface area contributed by atoms with Gasteiger partial charge < -0.3 is 5.73 Å². The van der Waals surface area contributed by atoms with E-state index in [0.717, 1.165) is 11.3 Å². The molecule has 0 atom stereocenters. The van der Waals surface area contributed by atoms with Crippen molar-refractivity contribution in [3.63, 3.8) is 0 Å². The second-order valence-electron chi connectivity index (χ2n) is 3.37. The highest BCUT2D eigenvalue weighted by Crippen LogP contribution is 2.18. The number of rotatable bonds is 3. The summed E-state index contributed by atoms with van der Waals surface area (Å²) in [7, 11) is 0. The van der Waals surface area contributed by atoms with Gasteiger partial charge in [-0.25, -0.2) is 4.68 Å². The number of carbonyl (C=O) groups excluding carboxylic acids is 1. The van der Waals surface area contributed by atoms with E-state index in [-0.39, 0.29) is 0 Å². The molecule has 0 bridgehead atoms. The fourth-order valence-corrected chi connectivity index (χ4v) is 1.73. The molecule has 1 aromatic carbocycles. The highest BCUT2D eigenvalue weighted by molar-refractivity contribution is 5.95. The Morgan fingerprint density at radius 1 is 1.50 bits per heavy atom. The molecule has 2 N–H and O–H groups in total. The second kappa shape index (κ2) is 4.14. The van der Waals surface area contributed by atoms with Gasteiger partial charge in [0.25, 0.3) is 0 Å². The van der Waals surface area contributed by atoms with Crippen LogP contribution in [0.2, 0.25) is 0 Å². The molecular weight excluding hydrogens is 204 g/mol. The quantitative estimate of drug-likeness (QED) is 0.829. The molecule has 1 amide bonds. The summed E-state index contributed by atoms with van der Waals surface area (Å²) in [5, 5.41) is 7.66. The van der Waals surface area contributed by atoms with Crippen molar-refractivity contribution in [1.29, 1.82) is 0 Å². The van der Waals surface area contributed by atoms with Crippen LogP contribution in [-0.2, 0) is 6.42 Å². The van der Waals surface area contributed by atoms with Crippen LogP contribution in [0.3, 0.4) is 0 Å². The van der Waals surface area contributed by atoms with Gasteiger partial charge in [0, 0.05) is 5.56 Å². The van der Waals surface area contributed by atoms with Gasteiger partial charge in [-0.2, -0.15) is 0 Å². The molecule has 0 aliphatic carbocycles. The van der Waals surface area contributed by atoms with Crippen LogP contribution in [0.5, 0.6) is 0 Å². The third-order valence-corrected chi connectivity index (χ3v) is 2.44. The Morgan fingerprint density at radius 3 is 2.88 bits per heavy atom. The molecule has 0 saturated carbocycles. The van der Waals surface area contributed by atoms with Crippen LogP contribution in [0.1, 0.15) is 22.8 Å². The molecule has 1 aromatic heterocycles. The van der Waals surface area contributed by atoms with Gasteiger partial charge in [0.1, 0.15) is 0 Å². The molecule has 0 aliphatic rings. The SMILES string of the molecule is CCc1c(C(N)=O)cccc1-n1ccnn1. The van der Waals surface area contributed by atoms with Crippen molar-refractivity contribution < 1.29 is 4.79 Å². The number of aromatic nitrogens is 3. The molecule has 0 unspecified atom stereocenters. The lowest BCUT2D eigenvalue weighted by atomic mass is 10.0. The maximum Gasteiger partial charge on any atom is 0.249 e. The van der Waals surface area contributed by atoms with Crippen LogP contribution in [0.25, 0.3) is 5.69 Å². The molecule has 1 heterocycles. The molecule has 16 heavy (non-hydrogen) atoms. The molecule has 0 spiro atoms. The third kappa shape index (κ3) is 1.67. The van der Waals surface area contributed by atoms with Gasteiger partial charge in [-0.1, -0.05) is 18.2 Å². The number of amides is 1. The highest BCUT2D eigenvalue weighted by atomic mass is 16.1. The topological polar surface area (TPSA) is 73.8 Å². The van der Waals surface area contributed by atoms with E-state index in [1.165, 1.54) is 0 Å². The minimum atomic E-state index is -0.418. The lowest BCUT2D eigenvalue weighted by Crippen LogP contribution is -2.15. The molecule has 82 valence electrons. The van der Waals surface area contributed by atoms with Crippen LogP contribution < -0.4 is 5.73 Å². The fourth-order valence-electron chi connectivity index (χ4n) is 1.73. The standard InChI is InChI=1S/C11H12N4O/c1-2-8-9(11(12)16)4-3-5-10(8)15-7-6-13-14-15/h3-7H,2H2,1H3,(H2,12,16). The molecule has 5 heteroatoms. The Bertz CT molecular complexity index is 505. The maximum absolute atomic E-state index is 11.3. The average Bonchev–Trinajstić information content (AvgIpc) is 2.81. The zero-order valence-corrected chi connectivity index (χ0v) is 8.92. The number of carbonyl (C=O) groups is 1. The molecule has 0 radical (unpaired) electrons. The van der Waals surface area contributed by atoms with Gasteiger partial charge >= 0.3 is 0 Å². The van der Waals surface area contributed by atoms with Crippen LogP contribution in [0.15, 0.2) is 30.6 Å². The number of benzene rings is 1. The summed E-state index contributed by atoms with van der Waals surface area (Å²) in [5.74, 6) is -0.418. The molecule has 2 aromatic rings. The number of primary amides is 1. The first-order valence-corrected chi connectivity index (χ1v) is 5.02. The van der Waals surface area contributed by atoms with Crippen LogP contribution in [0, 0.1) is 0 Å². The summed E-state index contributed by atoms with van der Waals surface area (Å²) in [5.41, 5.74) is 7.60. The first-order valence-electron chi connectivity index (χ1n) is 5.02. The Balaban J connectivity index is 2.62. The number of hydrogen-bond donors (Lipinski definition) is 1. The largest absolute Gasteiger partial charge is 0.366 e. The number of hydrogen-bond acceptors (Lipinski definition) is 3. The monoisotopic (exact) mass is 216 g/mol. The predicted molar refractivity (Wildman–Crippen MR) is 59.3 cm³/mol. The second-order valence-corrected chi connectivity index (χ2v) is 3.37. The number of nitrogens with two attached hydrogens (primary N) is 1. The van der Waals surface area contributed by atoms with E-state index in [9.17, 15) is 4.79 Å². The molecule has 0 aliphatic heterocycles. The Kier molecular flexibility index (Phi) is 2.68. The van der Waals surface area contributed by atoms with Gasteiger partial charge in [-0.15, -0.1) is 5.10 Å². The predicted octanol–water partition coefficient (Wildman–Crippen LogP) is 0.929. The molecular formula is C11H12N4O. The number of nitrogens with zero attached hydrogens (tertiary/aromatic N) is 3. The van der Waals surface area contributed by atoms with Gasteiger partial charge in [0.2, 0.25) is 5.91 Å². The molecule has 2 rings (SSSR count). The summed E-state index contributed by atoms with van der Waals surface area (Å²) >= 11 is 0. The summed E-state index contributed by atoms with van der Waals surface area (Å²) in [6.07, 6.45) is 4.05. The van der Waals surface area contributed by atoms with Crippen LogP contribution in [-0.4, -0.2) is 20.9 Å². The molecule has 0 fully saturated rings. The van der Waals surface area contributed by atoms with Gasteiger partial charge in [-0.3, -0.25) is 4.79 Å². The zero-order valence-electron chi connectivity index (χ0n) is 8.92. The van der Waals surface area contributed by atoms with Gasteiger partial charge in [-0.05, 0) is 24.1 Å². The minimum absolute atomic E-state index is 0.418. The Hall–Kier alpha value is -2.17. The average molecular weight is 216 g/mol. The van der Waals surface area contributed by atoms with E-state index in [1.54, 1.807) is 29.2 Å².